The molecule has 1 unspecified atom stereocenters. The molecular weight excluding hydrogens is 238 g/mol. The van der Waals surface area contributed by atoms with Crippen LogP contribution in [0.2, 0.25) is 0 Å². The van der Waals surface area contributed by atoms with Crippen molar-refractivity contribution in [1.29, 1.82) is 0 Å². The van der Waals surface area contributed by atoms with E-state index in [1.807, 2.05) is 0 Å². The van der Waals surface area contributed by atoms with Crippen LogP contribution in [0.15, 0.2) is 0 Å². The van der Waals surface area contributed by atoms with Gasteiger partial charge in [0, 0.05) is 18.9 Å². The molecule has 17 heavy (non-hydrogen) atoms. The molecule has 1 N–H and O–H groups in total. The Balaban J connectivity index is 2.51. The first kappa shape index (κ1) is 14.9. The summed E-state index contributed by atoms with van der Waals surface area (Å²) in [7, 11) is -2.99. The second-order valence-electron chi connectivity index (χ2n) is 5.50. The minimum atomic E-state index is -2.99. The third-order valence-corrected chi connectivity index (χ3v) is 4.76. The fourth-order valence-corrected chi connectivity index (χ4v) is 3.79. The molecule has 0 aliphatic carbocycles. The van der Waals surface area contributed by atoms with Crippen molar-refractivity contribution in [2.75, 3.05) is 31.7 Å². The van der Waals surface area contributed by atoms with Crippen LogP contribution < -0.4 is 0 Å². The van der Waals surface area contributed by atoms with Gasteiger partial charge in [-0.2, -0.15) is 0 Å². The van der Waals surface area contributed by atoms with Crippen LogP contribution >= 0.6 is 0 Å². The molecule has 1 fully saturated rings. The molecule has 1 aliphatic heterocycles. The summed E-state index contributed by atoms with van der Waals surface area (Å²) in [6.45, 7) is 6.38. The van der Waals surface area contributed by atoms with E-state index >= 15 is 0 Å². The van der Waals surface area contributed by atoms with Crippen molar-refractivity contribution in [2.24, 2.45) is 11.8 Å². The second-order valence-corrected chi connectivity index (χ2v) is 7.69. The molecular formula is C12H25NO3S. The van der Waals surface area contributed by atoms with Crippen LogP contribution in [0.1, 0.15) is 26.7 Å². The van der Waals surface area contributed by atoms with E-state index in [1.54, 1.807) is 0 Å². The monoisotopic (exact) mass is 263 g/mol. The molecule has 0 spiro atoms. The molecule has 1 atom stereocenters. The van der Waals surface area contributed by atoms with Crippen molar-refractivity contribution >= 4 is 9.84 Å². The maximum atomic E-state index is 11.3. The minimum absolute atomic E-state index is 0.0145. The number of rotatable bonds is 5. The van der Waals surface area contributed by atoms with Gasteiger partial charge in [0.2, 0.25) is 0 Å². The average molecular weight is 263 g/mol. The average Bonchev–Trinajstić information content (AvgIpc) is 2.25. The van der Waals surface area contributed by atoms with Crippen LogP contribution in [-0.4, -0.2) is 56.2 Å². The topological polar surface area (TPSA) is 57.6 Å². The largest absolute Gasteiger partial charge is 0.396 e. The number of likely N-dealkylation sites (tertiary alicyclic amines) is 1. The van der Waals surface area contributed by atoms with Crippen molar-refractivity contribution in [3.8, 4) is 0 Å². The Kier molecular flexibility index (Phi) is 5.41. The summed E-state index contributed by atoms with van der Waals surface area (Å²) in [5, 5.41) is 9.34. The fourth-order valence-electron chi connectivity index (χ4n) is 2.63. The van der Waals surface area contributed by atoms with Crippen molar-refractivity contribution in [3.05, 3.63) is 0 Å². The van der Waals surface area contributed by atoms with Gasteiger partial charge in [0.05, 0.1) is 5.75 Å². The zero-order valence-electron chi connectivity index (χ0n) is 11.1. The summed E-state index contributed by atoms with van der Waals surface area (Å²) in [6, 6.07) is 0.554. The SMILES string of the molecule is CC(C)N1CCC(C(CO)CS(C)(=O)=O)CC1. The van der Waals surface area contributed by atoms with Gasteiger partial charge < -0.3 is 10.0 Å². The number of sulfone groups is 1. The lowest BCUT2D eigenvalue weighted by atomic mass is 9.85. The summed E-state index contributed by atoms with van der Waals surface area (Å²) in [5.41, 5.74) is 0. The summed E-state index contributed by atoms with van der Waals surface area (Å²) >= 11 is 0. The fraction of sp³-hybridized carbons (Fsp3) is 1.00. The van der Waals surface area contributed by atoms with Crippen molar-refractivity contribution < 1.29 is 13.5 Å². The van der Waals surface area contributed by atoms with Gasteiger partial charge in [-0.05, 0) is 51.6 Å². The molecule has 1 aliphatic rings. The number of piperidine rings is 1. The smallest absolute Gasteiger partial charge is 0.147 e. The first-order valence-electron chi connectivity index (χ1n) is 6.36. The van der Waals surface area contributed by atoms with E-state index in [9.17, 15) is 13.5 Å². The minimum Gasteiger partial charge on any atom is -0.396 e. The maximum Gasteiger partial charge on any atom is 0.147 e. The van der Waals surface area contributed by atoms with Crippen LogP contribution in [0.5, 0.6) is 0 Å². The molecule has 0 radical (unpaired) electrons. The number of hydrogen-bond donors (Lipinski definition) is 1. The maximum absolute atomic E-state index is 11.3. The van der Waals surface area contributed by atoms with Gasteiger partial charge in [-0.15, -0.1) is 0 Å². The van der Waals surface area contributed by atoms with E-state index < -0.39 is 9.84 Å². The molecule has 0 aromatic carbocycles. The first-order chi connectivity index (χ1) is 7.83. The molecule has 0 aromatic rings. The van der Waals surface area contributed by atoms with Gasteiger partial charge in [-0.25, -0.2) is 8.42 Å². The Morgan fingerprint density at radius 1 is 1.29 bits per heavy atom. The lowest BCUT2D eigenvalue weighted by molar-refractivity contribution is 0.1000. The molecule has 5 heteroatoms. The van der Waals surface area contributed by atoms with E-state index in [4.69, 9.17) is 0 Å². The molecule has 0 saturated carbocycles. The van der Waals surface area contributed by atoms with Crippen molar-refractivity contribution in [2.45, 2.75) is 32.7 Å². The highest BCUT2D eigenvalue weighted by atomic mass is 32.2. The Labute approximate surface area is 105 Å². The highest BCUT2D eigenvalue weighted by Crippen LogP contribution is 2.26. The summed E-state index contributed by atoms with van der Waals surface area (Å²) in [5.74, 6) is 0.389. The Hall–Kier alpha value is -0.130. The number of hydrogen-bond acceptors (Lipinski definition) is 4. The van der Waals surface area contributed by atoms with Gasteiger partial charge in [-0.3, -0.25) is 0 Å². The van der Waals surface area contributed by atoms with Crippen LogP contribution in [0, 0.1) is 11.8 Å². The molecule has 0 bridgehead atoms. The normalized spacial score (nSPS) is 21.9. The van der Waals surface area contributed by atoms with Gasteiger partial charge >= 0.3 is 0 Å². The van der Waals surface area contributed by atoms with E-state index in [-0.39, 0.29) is 18.3 Å². The predicted octanol–water partition coefficient (Wildman–Crippen LogP) is 0.760. The lowest BCUT2D eigenvalue weighted by Crippen LogP contribution is -2.41. The number of nitrogens with zero attached hydrogens (tertiary/aromatic N) is 1. The highest BCUT2D eigenvalue weighted by molar-refractivity contribution is 7.90. The van der Waals surface area contributed by atoms with Crippen molar-refractivity contribution in [3.63, 3.8) is 0 Å². The molecule has 1 rings (SSSR count). The number of aliphatic hydroxyl groups excluding tert-OH is 1. The van der Waals surface area contributed by atoms with Gasteiger partial charge in [0.25, 0.3) is 0 Å². The Morgan fingerprint density at radius 2 is 1.82 bits per heavy atom. The summed E-state index contributed by atoms with van der Waals surface area (Å²) in [4.78, 5) is 2.41. The summed E-state index contributed by atoms with van der Waals surface area (Å²) < 4.78 is 22.6. The van der Waals surface area contributed by atoms with E-state index in [2.05, 4.69) is 18.7 Å². The lowest BCUT2D eigenvalue weighted by Gasteiger charge is -2.37. The van der Waals surface area contributed by atoms with Gasteiger partial charge in [-0.1, -0.05) is 0 Å². The van der Waals surface area contributed by atoms with Crippen LogP contribution in [0.4, 0.5) is 0 Å². The van der Waals surface area contributed by atoms with Crippen LogP contribution in [-0.2, 0) is 9.84 Å². The van der Waals surface area contributed by atoms with E-state index in [0.717, 1.165) is 25.9 Å². The predicted molar refractivity (Wildman–Crippen MR) is 69.7 cm³/mol. The molecule has 4 nitrogen and oxygen atoms in total. The van der Waals surface area contributed by atoms with E-state index in [0.29, 0.717) is 12.0 Å². The highest BCUT2D eigenvalue weighted by Gasteiger charge is 2.29. The Bertz CT molecular complexity index is 319. The summed E-state index contributed by atoms with van der Waals surface area (Å²) in [6.07, 6.45) is 3.25. The van der Waals surface area contributed by atoms with Crippen LogP contribution in [0.25, 0.3) is 0 Å². The standard InChI is InChI=1S/C12H25NO3S/c1-10(2)13-6-4-11(5-7-13)12(8-14)9-17(3,15)16/h10-12,14H,4-9H2,1-3H3. The molecule has 0 aromatic heterocycles. The molecule has 1 saturated heterocycles. The van der Waals surface area contributed by atoms with Crippen LogP contribution in [0.3, 0.4) is 0 Å². The van der Waals surface area contributed by atoms with E-state index in [1.165, 1.54) is 6.26 Å². The van der Waals surface area contributed by atoms with Crippen molar-refractivity contribution in [1.82, 2.24) is 4.90 Å². The molecule has 102 valence electrons. The second kappa shape index (κ2) is 6.16. The molecule has 0 amide bonds. The molecule has 1 heterocycles. The number of aliphatic hydroxyl groups is 1. The van der Waals surface area contributed by atoms with Gasteiger partial charge in [0.1, 0.15) is 9.84 Å². The van der Waals surface area contributed by atoms with Gasteiger partial charge in [0.15, 0.2) is 0 Å². The Morgan fingerprint density at radius 3 is 2.18 bits per heavy atom. The zero-order chi connectivity index (χ0) is 13.1. The third kappa shape index (κ3) is 4.94. The first-order valence-corrected chi connectivity index (χ1v) is 8.42. The zero-order valence-corrected chi connectivity index (χ0v) is 11.9. The third-order valence-electron chi connectivity index (χ3n) is 3.72. The quantitative estimate of drug-likeness (QED) is 0.795.